The van der Waals surface area contributed by atoms with Gasteiger partial charge in [0.25, 0.3) is 0 Å². The zero-order chi connectivity index (χ0) is 14.0. The summed E-state index contributed by atoms with van der Waals surface area (Å²) in [5, 5.41) is 5.76. The van der Waals surface area contributed by atoms with Crippen LogP contribution in [0.3, 0.4) is 0 Å². The first kappa shape index (κ1) is 13.6. The lowest BCUT2D eigenvalue weighted by molar-refractivity contribution is -0.123. The number of carbonyl (C=O) groups excluding carboxylic acids is 2. The van der Waals surface area contributed by atoms with Gasteiger partial charge in [-0.3, -0.25) is 9.59 Å². The Hall–Kier alpha value is -1.84. The van der Waals surface area contributed by atoms with Crippen LogP contribution in [0.1, 0.15) is 38.8 Å². The number of amides is 2. The first-order chi connectivity index (χ1) is 8.97. The zero-order valence-electron chi connectivity index (χ0n) is 11.6. The predicted molar refractivity (Wildman–Crippen MR) is 74.6 cm³/mol. The van der Waals surface area contributed by atoms with Crippen molar-refractivity contribution in [1.29, 1.82) is 0 Å². The molecule has 19 heavy (non-hydrogen) atoms. The van der Waals surface area contributed by atoms with Crippen molar-refractivity contribution in [1.82, 2.24) is 5.32 Å². The maximum Gasteiger partial charge on any atom is 0.223 e. The fraction of sp³-hybridized carbons (Fsp3) is 0.467. The van der Waals surface area contributed by atoms with Gasteiger partial charge in [0.2, 0.25) is 11.8 Å². The quantitative estimate of drug-likeness (QED) is 0.873. The average Bonchev–Trinajstić information content (AvgIpc) is 3.06. The summed E-state index contributed by atoms with van der Waals surface area (Å²) in [6, 6.07) is 7.51. The average molecular weight is 260 g/mol. The Morgan fingerprint density at radius 3 is 2.63 bits per heavy atom. The summed E-state index contributed by atoms with van der Waals surface area (Å²) in [7, 11) is 0. The van der Waals surface area contributed by atoms with Crippen LogP contribution >= 0.6 is 0 Å². The van der Waals surface area contributed by atoms with E-state index in [-0.39, 0.29) is 23.8 Å². The summed E-state index contributed by atoms with van der Waals surface area (Å²) in [6.07, 6.45) is 0.991. The summed E-state index contributed by atoms with van der Waals surface area (Å²) in [4.78, 5) is 22.9. The lowest BCUT2D eigenvalue weighted by Crippen LogP contribution is -2.28. The van der Waals surface area contributed by atoms with Crippen molar-refractivity contribution in [2.24, 2.45) is 11.8 Å². The van der Waals surface area contributed by atoms with Gasteiger partial charge in [-0.25, -0.2) is 0 Å². The summed E-state index contributed by atoms with van der Waals surface area (Å²) < 4.78 is 0. The lowest BCUT2D eigenvalue weighted by Gasteiger charge is -2.15. The molecule has 1 aromatic rings. The molecule has 0 spiro atoms. The van der Waals surface area contributed by atoms with Crippen LogP contribution in [0.4, 0.5) is 5.69 Å². The van der Waals surface area contributed by atoms with Gasteiger partial charge in [-0.05, 0) is 37.0 Å². The van der Waals surface area contributed by atoms with E-state index in [4.69, 9.17) is 0 Å². The molecule has 4 heteroatoms. The molecule has 2 rings (SSSR count). The second-order valence-corrected chi connectivity index (χ2v) is 5.36. The van der Waals surface area contributed by atoms with Crippen LogP contribution in [0, 0.1) is 11.8 Å². The van der Waals surface area contributed by atoms with Crippen LogP contribution in [-0.2, 0) is 9.59 Å². The van der Waals surface area contributed by atoms with Crippen LogP contribution in [0.5, 0.6) is 0 Å². The molecule has 4 nitrogen and oxygen atoms in total. The molecule has 0 aliphatic heterocycles. The largest absolute Gasteiger partial charge is 0.349 e. The minimum Gasteiger partial charge on any atom is -0.349 e. The molecule has 0 unspecified atom stereocenters. The normalized spacial score (nSPS) is 22.5. The molecule has 3 atom stereocenters. The number of nitrogens with one attached hydrogen (secondary N) is 2. The third kappa shape index (κ3) is 3.56. The van der Waals surface area contributed by atoms with Gasteiger partial charge in [0.15, 0.2) is 0 Å². The number of rotatable bonds is 4. The summed E-state index contributed by atoms with van der Waals surface area (Å²) >= 11 is 0. The van der Waals surface area contributed by atoms with Crippen molar-refractivity contribution in [3.8, 4) is 0 Å². The van der Waals surface area contributed by atoms with Gasteiger partial charge >= 0.3 is 0 Å². The summed E-state index contributed by atoms with van der Waals surface area (Å²) in [5.41, 5.74) is 1.75. The zero-order valence-corrected chi connectivity index (χ0v) is 11.6. The van der Waals surface area contributed by atoms with E-state index >= 15 is 0 Å². The summed E-state index contributed by atoms with van der Waals surface area (Å²) in [5.74, 6) is 0.726. The van der Waals surface area contributed by atoms with E-state index in [2.05, 4.69) is 17.6 Å². The fourth-order valence-corrected chi connectivity index (χ4v) is 2.18. The number of carbonyl (C=O) groups is 2. The smallest absolute Gasteiger partial charge is 0.223 e. The highest BCUT2D eigenvalue weighted by Crippen LogP contribution is 2.38. The molecule has 0 aromatic heterocycles. The highest BCUT2D eigenvalue weighted by Gasteiger charge is 2.39. The van der Waals surface area contributed by atoms with E-state index in [1.165, 1.54) is 6.92 Å². The SMILES string of the molecule is CC(=O)Nc1cccc([C@H](C)NC(=O)[C@@H]2C[C@@H]2C)c1. The van der Waals surface area contributed by atoms with Crippen LogP contribution < -0.4 is 10.6 Å². The van der Waals surface area contributed by atoms with Crippen molar-refractivity contribution in [3.05, 3.63) is 29.8 Å². The van der Waals surface area contributed by atoms with E-state index in [0.29, 0.717) is 5.92 Å². The number of hydrogen-bond acceptors (Lipinski definition) is 2. The number of hydrogen-bond donors (Lipinski definition) is 2. The lowest BCUT2D eigenvalue weighted by atomic mass is 10.1. The first-order valence-corrected chi connectivity index (χ1v) is 6.65. The maximum atomic E-state index is 11.9. The Morgan fingerprint density at radius 1 is 1.37 bits per heavy atom. The van der Waals surface area contributed by atoms with E-state index < -0.39 is 0 Å². The molecule has 1 saturated carbocycles. The number of anilines is 1. The highest BCUT2D eigenvalue weighted by molar-refractivity contribution is 5.88. The fourth-order valence-electron chi connectivity index (χ4n) is 2.18. The van der Waals surface area contributed by atoms with E-state index in [1.54, 1.807) is 0 Å². The molecule has 0 bridgehead atoms. The van der Waals surface area contributed by atoms with E-state index in [1.807, 2.05) is 31.2 Å². The molecule has 1 aromatic carbocycles. The molecule has 0 saturated heterocycles. The van der Waals surface area contributed by atoms with Crippen molar-refractivity contribution in [3.63, 3.8) is 0 Å². The molecule has 2 N–H and O–H groups in total. The first-order valence-electron chi connectivity index (χ1n) is 6.65. The molecule has 0 heterocycles. The van der Waals surface area contributed by atoms with Gasteiger partial charge in [-0.2, -0.15) is 0 Å². The van der Waals surface area contributed by atoms with E-state index in [9.17, 15) is 9.59 Å². The van der Waals surface area contributed by atoms with Crippen LogP contribution in [0.25, 0.3) is 0 Å². The van der Waals surface area contributed by atoms with Crippen molar-refractivity contribution in [2.75, 3.05) is 5.32 Å². The van der Waals surface area contributed by atoms with Crippen molar-refractivity contribution >= 4 is 17.5 Å². The monoisotopic (exact) mass is 260 g/mol. The van der Waals surface area contributed by atoms with Gasteiger partial charge in [-0.1, -0.05) is 19.1 Å². The van der Waals surface area contributed by atoms with Crippen molar-refractivity contribution < 1.29 is 9.59 Å². The highest BCUT2D eigenvalue weighted by atomic mass is 16.2. The van der Waals surface area contributed by atoms with Gasteiger partial charge in [-0.15, -0.1) is 0 Å². The Balaban J connectivity index is 2.00. The third-order valence-corrected chi connectivity index (χ3v) is 3.51. The molecule has 0 radical (unpaired) electrons. The van der Waals surface area contributed by atoms with Gasteiger partial charge in [0.1, 0.15) is 0 Å². The van der Waals surface area contributed by atoms with Gasteiger partial charge < -0.3 is 10.6 Å². The predicted octanol–water partition coefficient (Wildman–Crippen LogP) is 2.48. The number of benzene rings is 1. The van der Waals surface area contributed by atoms with Crippen molar-refractivity contribution in [2.45, 2.75) is 33.2 Å². The van der Waals surface area contributed by atoms with E-state index in [0.717, 1.165) is 17.7 Å². The Kier molecular flexibility index (Phi) is 3.88. The Bertz CT molecular complexity index is 499. The molecular formula is C15H20N2O2. The second-order valence-electron chi connectivity index (χ2n) is 5.36. The van der Waals surface area contributed by atoms with Crippen LogP contribution in [0.15, 0.2) is 24.3 Å². The van der Waals surface area contributed by atoms with Crippen LogP contribution in [-0.4, -0.2) is 11.8 Å². The molecular weight excluding hydrogens is 240 g/mol. The molecule has 1 aliphatic rings. The Labute approximate surface area is 113 Å². The maximum absolute atomic E-state index is 11.9. The minimum atomic E-state index is -0.0966. The minimum absolute atomic E-state index is 0.0472. The standard InChI is InChI=1S/C15H20N2O2/c1-9-7-14(9)15(19)16-10(2)12-5-4-6-13(8-12)17-11(3)18/h4-6,8-10,14H,7H2,1-3H3,(H,16,19)(H,17,18)/t9-,10-,14+/m0/s1. The third-order valence-electron chi connectivity index (χ3n) is 3.51. The molecule has 102 valence electrons. The summed E-state index contributed by atoms with van der Waals surface area (Å²) in [6.45, 7) is 5.52. The molecule has 2 amide bonds. The molecule has 1 fully saturated rings. The van der Waals surface area contributed by atoms with Gasteiger partial charge in [0, 0.05) is 18.5 Å². The Morgan fingerprint density at radius 2 is 2.05 bits per heavy atom. The van der Waals surface area contributed by atoms with Gasteiger partial charge in [0.05, 0.1) is 6.04 Å². The topological polar surface area (TPSA) is 58.2 Å². The van der Waals surface area contributed by atoms with Crippen LogP contribution in [0.2, 0.25) is 0 Å². The molecule has 1 aliphatic carbocycles. The second kappa shape index (κ2) is 5.43.